The molecule has 10 heteroatoms. The zero-order chi connectivity index (χ0) is 22.2. The SMILES string of the molecule is C[C@H]1Sc2ccc(C(=O)Nc3cc(C(F)(F)F)ccc3N3CCOCC3)cc2NC1=O. The van der Waals surface area contributed by atoms with Crippen LogP contribution in [0.2, 0.25) is 0 Å². The first-order valence-electron chi connectivity index (χ1n) is 9.69. The summed E-state index contributed by atoms with van der Waals surface area (Å²) < 4.78 is 45.1. The fraction of sp³-hybridized carbons (Fsp3) is 0.333. The third-order valence-electron chi connectivity index (χ3n) is 5.10. The number of morpholine rings is 1. The fourth-order valence-corrected chi connectivity index (χ4v) is 4.37. The Bertz CT molecular complexity index is 1020. The molecule has 6 nitrogen and oxygen atoms in total. The molecule has 2 N–H and O–H groups in total. The highest BCUT2D eigenvalue weighted by Crippen LogP contribution is 2.38. The lowest BCUT2D eigenvalue weighted by Crippen LogP contribution is -2.36. The zero-order valence-electron chi connectivity index (χ0n) is 16.6. The van der Waals surface area contributed by atoms with Gasteiger partial charge in [0.1, 0.15) is 0 Å². The number of carbonyl (C=O) groups is 2. The maximum absolute atomic E-state index is 13.3. The summed E-state index contributed by atoms with van der Waals surface area (Å²) in [4.78, 5) is 27.5. The first kappa shape index (κ1) is 21.5. The lowest BCUT2D eigenvalue weighted by Gasteiger charge is -2.31. The zero-order valence-corrected chi connectivity index (χ0v) is 17.4. The van der Waals surface area contributed by atoms with E-state index >= 15 is 0 Å². The summed E-state index contributed by atoms with van der Waals surface area (Å²) in [6.45, 7) is 3.71. The molecule has 1 atom stereocenters. The Kier molecular flexibility index (Phi) is 5.85. The maximum Gasteiger partial charge on any atom is 0.416 e. The molecule has 0 aliphatic carbocycles. The number of ether oxygens (including phenoxy) is 1. The van der Waals surface area contributed by atoms with Gasteiger partial charge < -0.3 is 20.3 Å². The van der Waals surface area contributed by atoms with Crippen LogP contribution < -0.4 is 15.5 Å². The van der Waals surface area contributed by atoms with Gasteiger partial charge in [0.25, 0.3) is 5.91 Å². The van der Waals surface area contributed by atoms with E-state index in [2.05, 4.69) is 10.6 Å². The molecule has 0 aromatic heterocycles. The molecule has 31 heavy (non-hydrogen) atoms. The van der Waals surface area contributed by atoms with Gasteiger partial charge in [0.15, 0.2) is 0 Å². The smallest absolute Gasteiger partial charge is 0.378 e. The van der Waals surface area contributed by atoms with Crippen molar-refractivity contribution in [2.45, 2.75) is 23.2 Å². The molecule has 0 saturated carbocycles. The highest BCUT2D eigenvalue weighted by Gasteiger charge is 2.32. The van der Waals surface area contributed by atoms with Crippen molar-refractivity contribution in [3.05, 3.63) is 47.5 Å². The summed E-state index contributed by atoms with van der Waals surface area (Å²) in [6, 6.07) is 8.17. The number of carbonyl (C=O) groups excluding carboxylic acids is 2. The summed E-state index contributed by atoms with van der Waals surface area (Å²) in [5, 5.41) is 5.13. The Morgan fingerprint density at radius 2 is 1.94 bits per heavy atom. The molecule has 1 saturated heterocycles. The monoisotopic (exact) mass is 451 g/mol. The Balaban J connectivity index is 1.63. The van der Waals surface area contributed by atoms with E-state index < -0.39 is 17.6 Å². The Labute approximate surface area is 181 Å². The van der Waals surface area contributed by atoms with Gasteiger partial charge in [-0.15, -0.1) is 11.8 Å². The second-order valence-electron chi connectivity index (χ2n) is 7.24. The number of amides is 2. The summed E-state index contributed by atoms with van der Waals surface area (Å²) in [5.74, 6) is -0.725. The number of thioether (sulfide) groups is 1. The molecule has 0 spiro atoms. The van der Waals surface area contributed by atoms with Crippen LogP contribution in [-0.2, 0) is 15.7 Å². The van der Waals surface area contributed by atoms with E-state index in [1.54, 1.807) is 19.1 Å². The maximum atomic E-state index is 13.3. The average Bonchev–Trinajstić information content (AvgIpc) is 2.74. The van der Waals surface area contributed by atoms with Crippen LogP contribution in [-0.4, -0.2) is 43.4 Å². The van der Waals surface area contributed by atoms with E-state index in [0.29, 0.717) is 37.7 Å². The highest BCUT2D eigenvalue weighted by molar-refractivity contribution is 8.00. The van der Waals surface area contributed by atoms with Gasteiger partial charge >= 0.3 is 6.18 Å². The molecule has 1 fully saturated rings. The Morgan fingerprint density at radius 3 is 2.65 bits per heavy atom. The van der Waals surface area contributed by atoms with Crippen molar-refractivity contribution in [2.24, 2.45) is 0 Å². The minimum Gasteiger partial charge on any atom is -0.378 e. The number of nitrogens with one attached hydrogen (secondary N) is 2. The van der Waals surface area contributed by atoms with E-state index in [-0.39, 0.29) is 22.4 Å². The van der Waals surface area contributed by atoms with Crippen molar-refractivity contribution in [2.75, 3.05) is 41.8 Å². The molecule has 2 aromatic carbocycles. The lowest BCUT2D eigenvalue weighted by atomic mass is 10.1. The van der Waals surface area contributed by atoms with E-state index in [0.717, 1.165) is 17.0 Å². The van der Waals surface area contributed by atoms with E-state index in [1.165, 1.54) is 23.9 Å². The van der Waals surface area contributed by atoms with Crippen LogP contribution in [0.25, 0.3) is 0 Å². The molecular formula is C21H20F3N3O3S. The predicted octanol–water partition coefficient (Wildman–Crippen LogP) is 4.23. The molecule has 2 aliphatic rings. The Hall–Kier alpha value is -2.72. The second-order valence-corrected chi connectivity index (χ2v) is 8.63. The largest absolute Gasteiger partial charge is 0.416 e. The van der Waals surface area contributed by atoms with E-state index in [9.17, 15) is 22.8 Å². The Morgan fingerprint density at radius 1 is 1.19 bits per heavy atom. The minimum absolute atomic E-state index is 0.0754. The molecule has 2 amide bonds. The summed E-state index contributed by atoms with van der Waals surface area (Å²) >= 11 is 1.38. The van der Waals surface area contributed by atoms with Crippen molar-refractivity contribution < 1.29 is 27.5 Å². The predicted molar refractivity (Wildman–Crippen MR) is 113 cm³/mol. The normalized spacial score (nSPS) is 18.9. The van der Waals surface area contributed by atoms with E-state index in [4.69, 9.17) is 4.74 Å². The number of halogens is 3. The van der Waals surface area contributed by atoms with Crippen molar-refractivity contribution in [1.82, 2.24) is 0 Å². The number of alkyl halides is 3. The van der Waals surface area contributed by atoms with Crippen LogP contribution in [0.3, 0.4) is 0 Å². The topological polar surface area (TPSA) is 70.7 Å². The van der Waals surface area contributed by atoms with E-state index in [1.807, 2.05) is 4.90 Å². The van der Waals surface area contributed by atoms with Crippen molar-refractivity contribution in [3.63, 3.8) is 0 Å². The van der Waals surface area contributed by atoms with Gasteiger partial charge in [-0.05, 0) is 43.3 Å². The van der Waals surface area contributed by atoms with Gasteiger partial charge in [0.05, 0.1) is 41.1 Å². The molecule has 4 rings (SSSR count). The van der Waals surface area contributed by atoms with Crippen LogP contribution in [0.4, 0.5) is 30.2 Å². The number of rotatable bonds is 3. The van der Waals surface area contributed by atoms with Crippen LogP contribution >= 0.6 is 11.8 Å². The number of hydrogen-bond acceptors (Lipinski definition) is 5. The molecule has 0 unspecified atom stereocenters. The second kappa shape index (κ2) is 8.43. The van der Waals surface area contributed by atoms with Gasteiger partial charge in [0.2, 0.25) is 5.91 Å². The van der Waals surface area contributed by atoms with Crippen molar-refractivity contribution in [3.8, 4) is 0 Å². The number of benzene rings is 2. The molecule has 2 aromatic rings. The van der Waals surface area contributed by atoms with Gasteiger partial charge in [-0.1, -0.05) is 0 Å². The number of anilines is 3. The molecule has 0 bridgehead atoms. The summed E-state index contributed by atoms with van der Waals surface area (Å²) in [6.07, 6.45) is -4.53. The van der Waals surface area contributed by atoms with Crippen LogP contribution in [0.5, 0.6) is 0 Å². The van der Waals surface area contributed by atoms with Gasteiger partial charge in [-0.2, -0.15) is 13.2 Å². The quantitative estimate of drug-likeness (QED) is 0.731. The standard InChI is InChI=1S/C21H20F3N3O3S/c1-12-19(28)26-16-10-13(2-5-18(16)31-12)20(29)25-15-11-14(21(22,23)24)3-4-17(15)27-6-8-30-9-7-27/h2-5,10-12H,6-9H2,1H3,(H,25,29)(H,26,28)/t12-/m1/s1. The van der Waals surface area contributed by atoms with Gasteiger partial charge in [-0.3, -0.25) is 9.59 Å². The number of fused-ring (bicyclic) bond motifs is 1. The first-order valence-corrected chi connectivity index (χ1v) is 10.6. The van der Waals surface area contributed by atoms with Gasteiger partial charge in [0, 0.05) is 23.5 Å². The average molecular weight is 451 g/mol. The van der Waals surface area contributed by atoms with Gasteiger partial charge in [-0.25, -0.2) is 0 Å². The summed E-state index contributed by atoms with van der Waals surface area (Å²) in [7, 11) is 0. The van der Waals surface area contributed by atoms with Crippen molar-refractivity contribution >= 4 is 40.6 Å². The number of hydrogen-bond donors (Lipinski definition) is 2. The molecule has 2 aliphatic heterocycles. The van der Waals surface area contributed by atoms with Crippen LogP contribution in [0.15, 0.2) is 41.3 Å². The number of nitrogens with zero attached hydrogens (tertiary/aromatic N) is 1. The van der Waals surface area contributed by atoms with Crippen LogP contribution in [0.1, 0.15) is 22.8 Å². The highest BCUT2D eigenvalue weighted by atomic mass is 32.2. The van der Waals surface area contributed by atoms with Crippen LogP contribution in [0, 0.1) is 0 Å². The summed E-state index contributed by atoms with van der Waals surface area (Å²) in [5.41, 5.74) is 0.479. The molecular weight excluding hydrogens is 431 g/mol. The van der Waals surface area contributed by atoms with Crippen molar-refractivity contribution in [1.29, 1.82) is 0 Å². The third-order valence-corrected chi connectivity index (χ3v) is 6.27. The first-order chi connectivity index (χ1) is 14.7. The molecule has 0 radical (unpaired) electrons. The fourth-order valence-electron chi connectivity index (χ4n) is 3.44. The lowest BCUT2D eigenvalue weighted by molar-refractivity contribution is -0.137. The molecule has 2 heterocycles. The minimum atomic E-state index is -4.53. The molecule has 164 valence electrons. The third kappa shape index (κ3) is 4.64.